The van der Waals surface area contributed by atoms with Crippen molar-refractivity contribution >= 4 is 0 Å². The van der Waals surface area contributed by atoms with Gasteiger partial charge in [-0.2, -0.15) is 0 Å². The molecule has 0 heterocycles. The molecule has 0 spiro atoms. The summed E-state index contributed by atoms with van der Waals surface area (Å²) in [5, 5.41) is 11.1. The van der Waals surface area contributed by atoms with E-state index in [4.69, 9.17) is 5.73 Å². The van der Waals surface area contributed by atoms with Crippen molar-refractivity contribution in [3.05, 3.63) is 34.9 Å². The van der Waals surface area contributed by atoms with E-state index in [-0.39, 0.29) is 5.41 Å². The van der Waals surface area contributed by atoms with Crippen molar-refractivity contribution in [2.24, 2.45) is 11.1 Å². The third-order valence-corrected chi connectivity index (χ3v) is 5.64. The lowest BCUT2D eigenvalue weighted by Gasteiger charge is -2.51. The third-order valence-electron chi connectivity index (χ3n) is 5.64. The number of hydrogen-bond acceptors (Lipinski definition) is 2. The Hall–Kier alpha value is -0.860. The Labute approximate surface area is 116 Å². The minimum absolute atomic E-state index is 0.101. The van der Waals surface area contributed by atoms with Crippen LogP contribution in [-0.2, 0) is 18.4 Å². The maximum atomic E-state index is 11.1. The summed E-state index contributed by atoms with van der Waals surface area (Å²) in [4.78, 5) is 0. The van der Waals surface area contributed by atoms with Crippen LogP contribution >= 0.6 is 0 Å². The second-order valence-corrected chi connectivity index (χ2v) is 6.60. The lowest BCUT2D eigenvalue weighted by Crippen LogP contribution is -2.53. The van der Waals surface area contributed by atoms with Gasteiger partial charge in [-0.05, 0) is 62.1 Å². The van der Waals surface area contributed by atoms with Gasteiger partial charge >= 0.3 is 0 Å². The first-order chi connectivity index (χ1) is 9.09. The summed E-state index contributed by atoms with van der Waals surface area (Å²) in [5.41, 5.74) is 9.07. The largest absolute Gasteiger partial charge is 0.385 e. The molecule has 1 aromatic carbocycles. The molecule has 3 rings (SSSR count). The van der Waals surface area contributed by atoms with Gasteiger partial charge in [0.2, 0.25) is 0 Å². The van der Waals surface area contributed by atoms with Gasteiger partial charge in [0, 0.05) is 12.0 Å². The highest BCUT2D eigenvalue weighted by Gasteiger charge is 2.51. The third kappa shape index (κ3) is 1.93. The summed E-state index contributed by atoms with van der Waals surface area (Å²) >= 11 is 0. The van der Waals surface area contributed by atoms with Crippen molar-refractivity contribution in [1.29, 1.82) is 0 Å². The van der Waals surface area contributed by atoms with Crippen molar-refractivity contribution in [2.45, 2.75) is 57.5 Å². The molecule has 2 aliphatic carbocycles. The molecule has 3 N–H and O–H groups in total. The Morgan fingerprint density at radius 2 is 1.84 bits per heavy atom. The van der Waals surface area contributed by atoms with Gasteiger partial charge in [-0.15, -0.1) is 0 Å². The first-order valence-electron chi connectivity index (χ1n) is 7.64. The topological polar surface area (TPSA) is 46.2 Å². The van der Waals surface area contributed by atoms with Crippen LogP contribution in [0.3, 0.4) is 0 Å². The van der Waals surface area contributed by atoms with Crippen LogP contribution in [0, 0.1) is 5.41 Å². The SMILES string of the molecule is CC(O)(c1ccc2c(c1)CCCC2)C1(CN)CCC1. The van der Waals surface area contributed by atoms with Crippen molar-refractivity contribution in [2.75, 3.05) is 6.54 Å². The van der Waals surface area contributed by atoms with Gasteiger partial charge < -0.3 is 10.8 Å². The normalized spacial score (nSPS) is 24.2. The van der Waals surface area contributed by atoms with E-state index in [2.05, 4.69) is 18.2 Å². The average Bonchev–Trinajstić information content (AvgIpc) is 2.37. The maximum Gasteiger partial charge on any atom is 0.0936 e. The molecule has 1 atom stereocenters. The van der Waals surface area contributed by atoms with Crippen LogP contribution in [0.2, 0.25) is 0 Å². The number of rotatable bonds is 3. The first-order valence-corrected chi connectivity index (χ1v) is 7.64. The highest BCUT2D eigenvalue weighted by atomic mass is 16.3. The monoisotopic (exact) mass is 259 g/mol. The van der Waals surface area contributed by atoms with Gasteiger partial charge in [0.1, 0.15) is 0 Å². The summed E-state index contributed by atoms with van der Waals surface area (Å²) < 4.78 is 0. The number of hydrogen-bond donors (Lipinski definition) is 2. The highest BCUT2D eigenvalue weighted by molar-refractivity contribution is 5.37. The molecule has 0 radical (unpaired) electrons. The quantitative estimate of drug-likeness (QED) is 0.876. The Morgan fingerprint density at radius 1 is 1.16 bits per heavy atom. The molecule has 1 aromatic rings. The van der Waals surface area contributed by atoms with Crippen LogP contribution in [0.15, 0.2) is 18.2 Å². The van der Waals surface area contributed by atoms with E-state index in [0.717, 1.165) is 24.8 Å². The van der Waals surface area contributed by atoms with Crippen LogP contribution < -0.4 is 5.73 Å². The predicted octanol–water partition coefficient (Wildman–Crippen LogP) is 2.90. The summed E-state index contributed by atoms with van der Waals surface area (Å²) in [5.74, 6) is 0. The number of nitrogens with two attached hydrogens (primary N) is 1. The van der Waals surface area contributed by atoms with E-state index >= 15 is 0 Å². The molecule has 0 aliphatic heterocycles. The molecule has 2 aliphatic rings. The van der Waals surface area contributed by atoms with Crippen molar-refractivity contribution in [1.82, 2.24) is 0 Å². The molecule has 1 fully saturated rings. The molecule has 104 valence electrons. The van der Waals surface area contributed by atoms with Gasteiger partial charge in [-0.3, -0.25) is 0 Å². The average molecular weight is 259 g/mol. The summed E-state index contributed by atoms with van der Waals surface area (Å²) in [6.07, 6.45) is 8.23. The van der Waals surface area contributed by atoms with Crippen molar-refractivity contribution < 1.29 is 5.11 Å². The molecular weight excluding hydrogens is 234 g/mol. The molecule has 0 saturated heterocycles. The van der Waals surface area contributed by atoms with Gasteiger partial charge in [0.25, 0.3) is 0 Å². The Morgan fingerprint density at radius 3 is 2.42 bits per heavy atom. The zero-order valence-electron chi connectivity index (χ0n) is 11.9. The molecular formula is C17H25NO. The molecule has 1 saturated carbocycles. The van der Waals surface area contributed by atoms with Gasteiger partial charge in [0.05, 0.1) is 5.60 Å². The maximum absolute atomic E-state index is 11.1. The van der Waals surface area contributed by atoms with E-state index in [9.17, 15) is 5.11 Å². The summed E-state index contributed by atoms with van der Waals surface area (Å²) in [6, 6.07) is 6.59. The van der Waals surface area contributed by atoms with Crippen LogP contribution in [0.1, 0.15) is 55.7 Å². The lowest BCUT2D eigenvalue weighted by molar-refractivity contribution is -0.116. The molecule has 0 bridgehead atoms. The Balaban J connectivity index is 1.96. The molecule has 2 heteroatoms. The second-order valence-electron chi connectivity index (χ2n) is 6.60. The Kier molecular flexibility index (Phi) is 3.18. The minimum atomic E-state index is -0.785. The zero-order valence-corrected chi connectivity index (χ0v) is 11.9. The van der Waals surface area contributed by atoms with Gasteiger partial charge in [-0.1, -0.05) is 24.6 Å². The highest BCUT2D eigenvalue weighted by Crippen LogP contribution is 2.53. The fourth-order valence-corrected chi connectivity index (χ4v) is 3.84. The van der Waals surface area contributed by atoms with Crippen LogP contribution in [0.4, 0.5) is 0 Å². The fourth-order valence-electron chi connectivity index (χ4n) is 3.84. The molecule has 1 unspecified atom stereocenters. The number of fused-ring (bicyclic) bond motifs is 1. The zero-order chi connectivity index (χ0) is 13.5. The molecule has 0 aromatic heterocycles. The van der Waals surface area contributed by atoms with Crippen LogP contribution in [0.5, 0.6) is 0 Å². The van der Waals surface area contributed by atoms with Crippen molar-refractivity contribution in [3.8, 4) is 0 Å². The number of aryl methyl sites for hydroxylation is 2. The van der Waals surface area contributed by atoms with Gasteiger partial charge in [-0.25, -0.2) is 0 Å². The standard InChI is InChI=1S/C17H25NO/c1-16(19,17(12-18)9-4-10-17)15-8-7-13-5-2-3-6-14(13)11-15/h7-8,11,19H,2-6,9-10,12,18H2,1H3. The van der Waals surface area contributed by atoms with E-state index in [1.807, 2.05) is 6.92 Å². The molecule has 2 nitrogen and oxygen atoms in total. The van der Waals surface area contributed by atoms with Crippen molar-refractivity contribution in [3.63, 3.8) is 0 Å². The van der Waals surface area contributed by atoms with E-state index in [1.54, 1.807) is 0 Å². The molecule has 19 heavy (non-hydrogen) atoms. The van der Waals surface area contributed by atoms with E-state index < -0.39 is 5.60 Å². The lowest BCUT2D eigenvalue weighted by atomic mass is 9.57. The minimum Gasteiger partial charge on any atom is -0.385 e. The Bertz CT molecular complexity index is 469. The second kappa shape index (κ2) is 4.60. The van der Waals surface area contributed by atoms with E-state index in [0.29, 0.717) is 6.54 Å². The van der Waals surface area contributed by atoms with Crippen LogP contribution in [0.25, 0.3) is 0 Å². The first kappa shape index (κ1) is 13.1. The van der Waals surface area contributed by atoms with Crippen LogP contribution in [-0.4, -0.2) is 11.7 Å². The predicted molar refractivity (Wildman–Crippen MR) is 78.0 cm³/mol. The molecule has 0 amide bonds. The summed E-state index contributed by atoms with van der Waals surface area (Å²) in [6.45, 7) is 2.54. The van der Waals surface area contributed by atoms with E-state index in [1.165, 1.54) is 36.8 Å². The summed E-state index contributed by atoms with van der Waals surface area (Å²) in [7, 11) is 0. The fraction of sp³-hybridized carbons (Fsp3) is 0.647. The number of benzene rings is 1. The van der Waals surface area contributed by atoms with Gasteiger partial charge in [0.15, 0.2) is 0 Å². The number of aliphatic hydroxyl groups is 1. The smallest absolute Gasteiger partial charge is 0.0936 e.